The zero-order valence-corrected chi connectivity index (χ0v) is 12.9. The summed E-state index contributed by atoms with van der Waals surface area (Å²) in [6, 6.07) is 14.8. The lowest BCUT2D eigenvalue weighted by Gasteiger charge is -2.27. The van der Waals surface area contributed by atoms with E-state index in [0.717, 1.165) is 36.2 Å². The first-order chi connectivity index (χ1) is 9.81. The Morgan fingerprint density at radius 2 is 1.95 bits per heavy atom. The van der Waals surface area contributed by atoms with Gasteiger partial charge in [-0.15, -0.1) is 0 Å². The predicted octanol–water partition coefficient (Wildman–Crippen LogP) is 4.13. The fourth-order valence-corrected chi connectivity index (χ4v) is 2.77. The molecule has 0 saturated heterocycles. The van der Waals surface area contributed by atoms with E-state index in [1.165, 1.54) is 11.1 Å². The third-order valence-corrected chi connectivity index (χ3v) is 4.00. The first kappa shape index (κ1) is 13.5. The second-order valence-electron chi connectivity index (χ2n) is 5.08. The summed E-state index contributed by atoms with van der Waals surface area (Å²) in [5.74, 6) is 0. The first-order valence-electron chi connectivity index (χ1n) is 6.88. The highest BCUT2D eigenvalue weighted by Crippen LogP contribution is 2.21. The highest BCUT2D eigenvalue weighted by atomic mass is 79.9. The first-order valence-corrected chi connectivity index (χ1v) is 7.68. The van der Waals surface area contributed by atoms with E-state index in [1.54, 1.807) is 0 Å². The summed E-state index contributed by atoms with van der Waals surface area (Å²) in [4.78, 5) is 6.98. The molecule has 0 bridgehead atoms. The lowest BCUT2D eigenvalue weighted by molar-refractivity contribution is 0.296. The Labute approximate surface area is 128 Å². The largest absolute Gasteiger partial charge is 0.294 e. The summed E-state index contributed by atoms with van der Waals surface area (Å²) in [7, 11) is 0. The van der Waals surface area contributed by atoms with Crippen molar-refractivity contribution in [1.29, 1.82) is 0 Å². The number of halogens is 1. The highest BCUT2D eigenvalue weighted by molar-refractivity contribution is 9.10. The fraction of sp³-hybridized carbons (Fsp3) is 0.235. The second kappa shape index (κ2) is 6.33. The molecule has 2 aromatic rings. The van der Waals surface area contributed by atoms with E-state index in [1.807, 2.05) is 6.20 Å². The van der Waals surface area contributed by atoms with Gasteiger partial charge in [-0.3, -0.25) is 9.88 Å². The maximum atomic E-state index is 4.50. The Hall–Kier alpha value is -1.45. The van der Waals surface area contributed by atoms with Crippen LogP contribution in [0.3, 0.4) is 0 Å². The maximum Gasteiger partial charge on any atom is 0.0672 e. The van der Waals surface area contributed by atoms with Crippen LogP contribution in [0.2, 0.25) is 0 Å². The molecule has 1 aromatic heterocycles. The van der Waals surface area contributed by atoms with Crippen LogP contribution in [0, 0.1) is 0 Å². The van der Waals surface area contributed by atoms with Crippen molar-refractivity contribution in [2.75, 3.05) is 13.1 Å². The molecule has 0 atom stereocenters. The van der Waals surface area contributed by atoms with Gasteiger partial charge in [0.15, 0.2) is 0 Å². The number of rotatable bonds is 3. The zero-order chi connectivity index (χ0) is 13.8. The summed E-state index contributed by atoms with van der Waals surface area (Å²) in [5, 5.41) is 0. The molecule has 0 saturated carbocycles. The maximum absolute atomic E-state index is 4.50. The van der Waals surface area contributed by atoms with Crippen LogP contribution in [0.25, 0.3) is 5.57 Å². The van der Waals surface area contributed by atoms with E-state index >= 15 is 0 Å². The molecule has 1 aliphatic heterocycles. The molecule has 1 aromatic carbocycles. The van der Waals surface area contributed by atoms with E-state index in [0.29, 0.717) is 0 Å². The molecule has 102 valence electrons. The van der Waals surface area contributed by atoms with Crippen LogP contribution in [-0.2, 0) is 6.54 Å². The summed E-state index contributed by atoms with van der Waals surface area (Å²) < 4.78 is 1.03. The van der Waals surface area contributed by atoms with Gasteiger partial charge in [-0.1, -0.05) is 36.4 Å². The molecule has 1 aliphatic rings. The average molecular weight is 329 g/mol. The van der Waals surface area contributed by atoms with Crippen LogP contribution in [0.1, 0.15) is 17.7 Å². The average Bonchev–Trinajstić information content (AvgIpc) is 2.49. The standard InChI is InChI=1S/C17H17BrN2/c18-16-8-9-17(19-11-16)15-7-4-10-20(13-15)12-14-5-2-1-3-6-14/h1-3,5-9,11H,4,10,12-13H2. The van der Waals surface area contributed by atoms with Gasteiger partial charge in [-0.2, -0.15) is 0 Å². The van der Waals surface area contributed by atoms with Crippen molar-refractivity contribution >= 4 is 21.5 Å². The number of hydrogen-bond acceptors (Lipinski definition) is 2. The number of benzene rings is 1. The molecule has 0 spiro atoms. The Bertz CT molecular complexity index is 590. The van der Waals surface area contributed by atoms with Crippen LogP contribution in [0.5, 0.6) is 0 Å². The molecule has 3 heteroatoms. The summed E-state index contributed by atoms with van der Waals surface area (Å²) in [6.07, 6.45) is 5.28. The van der Waals surface area contributed by atoms with Crippen molar-refractivity contribution < 1.29 is 0 Å². The minimum Gasteiger partial charge on any atom is -0.294 e. The molecule has 2 heterocycles. The van der Waals surface area contributed by atoms with Gasteiger partial charge in [-0.25, -0.2) is 0 Å². The highest BCUT2D eigenvalue weighted by Gasteiger charge is 2.14. The monoisotopic (exact) mass is 328 g/mol. The van der Waals surface area contributed by atoms with Gasteiger partial charge in [0, 0.05) is 30.3 Å². The Balaban J connectivity index is 1.70. The number of hydrogen-bond donors (Lipinski definition) is 0. The van der Waals surface area contributed by atoms with Crippen molar-refractivity contribution in [3.05, 3.63) is 70.5 Å². The van der Waals surface area contributed by atoms with Crippen LogP contribution in [0.4, 0.5) is 0 Å². The van der Waals surface area contributed by atoms with Crippen molar-refractivity contribution in [2.24, 2.45) is 0 Å². The molecule has 3 rings (SSSR count). The van der Waals surface area contributed by atoms with Gasteiger partial charge in [0.25, 0.3) is 0 Å². The summed E-state index contributed by atoms with van der Waals surface area (Å²) in [6.45, 7) is 3.10. The zero-order valence-electron chi connectivity index (χ0n) is 11.3. The van der Waals surface area contributed by atoms with E-state index in [2.05, 4.69) is 74.4 Å². The van der Waals surface area contributed by atoms with E-state index in [4.69, 9.17) is 0 Å². The molecule has 0 amide bonds. The minimum atomic E-state index is 0.976. The van der Waals surface area contributed by atoms with E-state index in [-0.39, 0.29) is 0 Å². The SMILES string of the molecule is Brc1ccc(C2=CCCN(Cc3ccccc3)C2)nc1. The van der Waals surface area contributed by atoms with Crippen molar-refractivity contribution in [3.63, 3.8) is 0 Å². The molecule has 2 nitrogen and oxygen atoms in total. The Morgan fingerprint density at radius 1 is 1.10 bits per heavy atom. The second-order valence-corrected chi connectivity index (χ2v) is 5.99. The normalized spacial score (nSPS) is 15.9. The smallest absolute Gasteiger partial charge is 0.0672 e. The number of pyridine rings is 1. The van der Waals surface area contributed by atoms with Crippen LogP contribution in [-0.4, -0.2) is 23.0 Å². The molecule has 0 fully saturated rings. The molecule has 20 heavy (non-hydrogen) atoms. The molecular formula is C17H17BrN2. The Kier molecular flexibility index (Phi) is 4.28. The summed E-state index contributed by atoms with van der Waals surface area (Å²) in [5.41, 5.74) is 3.79. The lowest BCUT2D eigenvalue weighted by Crippen LogP contribution is -2.29. The fourth-order valence-electron chi connectivity index (χ4n) is 2.53. The Morgan fingerprint density at radius 3 is 2.70 bits per heavy atom. The third kappa shape index (κ3) is 3.35. The van der Waals surface area contributed by atoms with Gasteiger partial charge in [0.1, 0.15) is 0 Å². The molecule has 0 unspecified atom stereocenters. The summed E-state index contributed by atoms with van der Waals surface area (Å²) >= 11 is 3.43. The molecule has 0 aliphatic carbocycles. The molecule has 0 radical (unpaired) electrons. The molecule has 0 N–H and O–H groups in total. The quantitative estimate of drug-likeness (QED) is 0.842. The van der Waals surface area contributed by atoms with E-state index in [9.17, 15) is 0 Å². The number of nitrogens with zero attached hydrogens (tertiary/aromatic N) is 2. The van der Waals surface area contributed by atoms with Gasteiger partial charge in [0.2, 0.25) is 0 Å². The van der Waals surface area contributed by atoms with Crippen LogP contribution >= 0.6 is 15.9 Å². The third-order valence-electron chi connectivity index (χ3n) is 3.54. The van der Waals surface area contributed by atoms with Gasteiger partial charge in [0.05, 0.1) is 5.69 Å². The van der Waals surface area contributed by atoms with E-state index < -0.39 is 0 Å². The lowest BCUT2D eigenvalue weighted by atomic mass is 10.1. The van der Waals surface area contributed by atoms with Crippen molar-refractivity contribution in [1.82, 2.24) is 9.88 Å². The van der Waals surface area contributed by atoms with Crippen molar-refractivity contribution in [3.8, 4) is 0 Å². The topological polar surface area (TPSA) is 16.1 Å². The minimum absolute atomic E-state index is 0.976. The van der Waals surface area contributed by atoms with Crippen LogP contribution < -0.4 is 0 Å². The molecular weight excluding hydrogens is 312 g/mol. The van der Waals surface area contributed by atoms with Gasteiger partial charge < -0.3 is 0 Å². The number of aromatic nitrogens is 1. The predicted molar refractivity (Wildman–Crippen MR) is 86.3 cm³/mol. The van der Waals surface area contributed by atoms with Crippen molar-refractivity contribution in [2.45, 2.75) is 13.0 Å². The van der Waals surface area contributed by atoms with Gasteiger partial charge in [-0.05, 0) is 45.6 Å². The van der Waals surface area contributed by atoms with Gasteiger partial charge >= 0.3 is 0 Å². The van der Waals surface area contributed by atoms with Crippen LogP contribution in [0.15, 0.2) is 59.2 Å².